The first-order valence-corrected chi connectivity index (χ1v) is 6.48. The van der Waals surface area contributed by atoms with Crippen LogP contribution in [0, 0.1) is 5.82 Å². The highest BCUT2D eigenvalue weighted by Crippen LogP contribution is 2.13. The van der Waals surface area contributed by atoms with Crippen molar-refractivity contribution < 1.29 is 9.18 Å². The predicted molar refractivity (Wildman–Crippen MR) is 76.4 cm³/mol. The number of carbonyl (C=O) groups excluding carboxylic acids is 1. The van der Waals surface area contributed by atoms with E-state index in [-0.39, 0.29) is 5.69 Å². The Kier molecular flexibility index (Phi) is 4.52. The molecule has 0 radical (unpaired) electrons. The van der Waals surface area contributed by atoms with Gasteiger partial charge in [-0.05, 0) is 29.8 Å². The van der Waals surface area contributed by atoms with Crippen molar-refractivity contribution in [2.24, 2.45) is 0 Å². The standard InChI is InChI=1S/C14H12BrFN2O/c15-11-5-3-4-10(8-11)9-17-14(19)18-13-7-2-1-6-12(13)16/h1-8H,9H2,(H2,17,18,19). The highest BCUT2D eigenvalue weighted by atomic mass is 79.9. The number of benzene rings is 2. The van der Waals surface area contributed by atoms with Gasteiger partial charge in [0.2, 0.25) is 0 Å². The topological polar surface area (TPSA) is 41.1 Å². The van der Waals surface area contributed by atoms with E-state index in [0.29, 0.717) is 6.54 Å². The van der Waals surface area contributed by atoms with Crippen LogP contribution < -0.4 is 10.6 Å². The lowest BCUT2D eigenvalue weighted by Crippen LogP contribution is -2.28. The Morgan fingerprint density at radius 3 is 2.68 bits per heavy atom. The van der Waals surface area contributed by atoms with Crippen LogP contribution >= 0.6 is 15.9 Å². The summed E-state index contributed by atoms with van der Waals surface area (Å²) < 4.78 is 14.3. The second-order valence-electron chi connectivity index (χ2n) is 3.92. The minimum Gasteiger partial charge on any atom is -0.334 e. The molecule has 0 unspecified atom stereocenters. The van der Waals surface area contributed by atoms with Gasteiger partial charge >= 0.3 is 6.03 Å². The second kappa shape index (κ2) is 6.33. The lowest BCUT2D eigenvalue weighted by molar-refractivity contribution is 0.251. The molecule has 3 nitrogen and oxygen atoms in total. The van der Waals surface area contributed by atoms with E-state index < -0.39 is 11.8 Å². The van der Waals surface area contributed by atoms with E-state index in [9.17, 15) is 9.18 Å². The van der Waals surface area contributed by atoms with Crippen molar-refractivity contribution in [3.63, 3.8) is 0 Å². The van der Waals surface area contributed by atoms with Crippen molar-refractivity contribution in [1.29, 1.82) is 0 Å². The molecule has 2 rings (SSSR count). The molecule has 0 aliphatic rings. The zero-order chi connectivity index (χ0) is 13.7. The van der Waals surface area contributed by atoms with Crippen molar-refractivity contribution in [3.05, 3.63) is 64.4 Å². The molecule has 0 bridgehead atoms. The molecule has 19 heavy (non-hydrogen) atoms. The SMILES string of the molecule is O=C(NCc1cccc(Br)c1)Nc1ccccc1F. The van der Waals surface area contributed by atoms with Gasteiger partial charge in [-0.25, -0.2) is 9.18 Å². The Morgan fingerprint density at radius 2 is 1.95 bits per heavy atom. The maximum absolute atomic E-state index is 13.3. The van der Waals surface area contributed by atoms with E-state index in [0.717, 1.165) is 10.0 Å². The van der Waals surface area contributed by atoms with Crippen LogP contribution in [0.25, 0.3) is 0 Å². The van der Waals surface area contributed by atoms with E-state index in [4.69, 9.17) is 0 Å². The molecule has 2 aromatic carbocycles. The molecule has 0 atom stereocenters. The first-order valence-electron chi connectivity index (χ1n) is 5.69. The number of halogens is 2. The fourth-order valence-corrected chi connectivity index (χ4v) is 2.01. The van der Waals surface area contributed by atoms with Crippen LogP contribution in [-0.4, -0.2) is 6.03 Å². The number of hydrogen-bond donors (Lipinski definition) is 2. The van der Waals surface area contributed by atoms with Crippen molar-refractivity contribution in [1.82, 2.24) is 5.32 Å². The summed E-state index contributed by atoms with van der Waals surface area (Å²) in [4.78, 5) is 11.6. The fraction of sp³-hybridized carbons (Fsp3) is 0.0714. The summed E-state index contributed by atoms with van der Waals surface area (Å²) in [6, 6.07) is 13.2. The first-order chi connectivity index (χ1) is 9.15. The van der Waals surface area contributed by atoms with Crippen LogP contribution in [0.5, 0.6) is 0 Å². The van der Waals surface area contributed by atoms with Gasteiger partial charge in [-0.3, -0.25) is 0 Å². The van der Waals surface area contributed by atoms with Gasteiger partial charge in [-0.2, -0.15) is 0 Å². The number of amides is 2. The Bertz CT molecular complexity index is 589. The monoisotopic (exact) mass is 322 g/mol. The zero-order valence-electron chi connectivity index (χ0n) is 9.99. The summed E-state index contributed by atoms with van der Waals surface area (Å²) in [5, 5.41) is 5.12. The number of anilines is 1. The molecule has 98 valence electrons. The maximum atomic E-state index is 13.3. The molecule has 0 fully saturated rings. The summed E-state index contributed by atoms with van der Waals surface area (Å²) >= 11 is 3.35. The van der Waals surface area contributed by atoms with E-state index in [1.807, 2.05) is 24.3 Å². The maximum Gasteiger partial charge on any atom is 0.319 e. The third kappa shape index (κ3) is 4.06. The van der Waals surface area contributed by atoms with E-state index in [2.05, 4.69) is 26.6 Å². The number of urea groups is 1. The normalized spacial score (nSPS) is 10.0. The molecule has 5 heteroatoms. The average Bonchev–Trinajstić information content (AvgIpc) is 2.39. The minimum absolute atomic E-state index is 0.161. The molecule has 0 aliphatic carbocycles. The second-order valence-corrected chi connectivity index (χ2v) is 4.83. The number of nitrogens with one attached hydrogen (secondary N) is 2. The molecule has 2 N–H and O–H groups in total. The molecule has 0 heterocycles. The highest BCUT2D eigenvalue weighted by Gasteiger charge is 2.05. The molecule has 2 amide bonds. The lowest BCUT2D eigenvalue weighted by atomic mass is 10.2. The predicted octanol–water partition coefficient (Wildman–Crippen LogP) is 3.91. The third-order valence-corrected chi connectivity index (χ3v) is 2.96. The van der Waals surface area contributed by atoms with Crippen molar-refractivity contribution in [2.45, 2.75) is 6.54 Å². The van der Waals surface area contributed by atoms with Crippen molar-refractivity contribution in [3.8, 4) is 0 Å². The van der Waals surface area contributed by atoms with Gasteiger partial charge < -0.3 is 10.6 Å². The Labute approximate surface area is 119 Å². The number of para-hydroxylation sites is 1. The van der Waals surface area contributed by atoms with Gasteiger partial charge in [0.05, 0.1) is 5.69 Å². The number of hydrogen-bond acceptors (Lipinski definition) is 1. The summed E-state index contributed by atoms with van der Waals surface area (Å²) in [6.07, 6.45) is 0. The summed E-state index contributed by atoms with van der Waals surface area (Å²) in [5.41, 5.74) is 1.12. The van der Waals surface area contributed by atoms with Gasteiger partial charge in [0.25, 0.3) is 0 Å². The van der Waals surface area contributed by atoms with Crippen LogP contribution in [0.1, 0.15) is 5.56 Å². The number of rotatable bonds is 3. The van der Waals surface area contributed by atoms with Crippen LogP contribution in [0.4, 0.5) is 14.9 Å². The lowest BCUT2D eigenvalue weighted by Gasteiger charge is -2.08. The molecule has 0 spiro atoms. The third-order valence-electron chi connectivity index (χ3n) is 2.46. The Morgan fingerprint density at radius 1 is 1.16 bits per heavy atom. The van der Waals surface area contributed by atoms with Crippen LogP contribution in [0.3, 0.4) is 0 Å². The number of carbonyl (C=O) groups is 1. The highest BCUT2D eigenvalue weighted by molar-refractivity contribution is 9.10. The molecule has 0 aliphatic heterocycles. The fourth-order valence-electron chi connectivity index (χ4n) is 1.56. The quantitative estimate of drug-likeness (QED) is 0.883. The largest absolute Gasteiger partial charge is 0.334 e. The molecular formula is C14H12BrFN2O. The van der Waals surface area contributed by atoms with E-state index >= 15 is 0 Å². The summed E-state index contributed by atoms with van der Waals surface area (Å²) in [6.45, 7) is 0.375. The smallest absolute Gasteiger partial charge is 0.319 e. The molecule has 0 saturated heterocycles. The van der Waals surface area contributed by atoms with Gasteiger partial charge in [-0.1, -0.05) is 40.2 Å². The van der Waals surface area contributed by atoms with Gasteiger partial charge in [0, 0.05) is 11.0 Å². The van der Waals surface area contributed by atoms with Crippen molar-refractivity contribution in [2.75, 3.05) is 5.32 Å². The Hall–Kier alpha value is -1.88. The van der Waals surface area contributed by atoms with Gasteiger partial charge in [0.15, 0.2) is 0 Å². The molecule has 0 saturated carbocycles. The first kappa shape index (κ1) is 13.5. The van der Waals surface area contributed by atoms with Gasteiger partial charge in [-0.15, -0.1) is 0 Å². The van der Waals surface area contributed by atoms with E-state index in [1.54, 1.807) is 12.1 Å². The molecule has 0 aromatic heterocycles. The van der Waals surface area contributed by atoms with E-state index in [1.165, 1.54) is 12.1 Å². The van der Waals surface area contributed by atoms with Gasteiger partial charge in [0.1, 0.15) is 5.82 Å². The molecular weight excluding hydrogens is 311 g/mol. The average molecular weight is 323 g/mol. The minimum atomic E-state index is -0.458. The summed E-state index contributed by atoms with van der Waals surface area (Å²) in [5.74, 6) is -0.458. The van der Waals surface area contributed by atoms with Crippen LogP contribution in [0.15, 0.2) is 53.0 Å². The van der Waals surface area contributed by atoms with Crippen LogP contribution in [0.2, 0.25) is 0 Å². The van der Waals surface area contributed by atoms with Crippen LogP contribution in [-0.2, 0) is 6.54 Å². The summed E-state index contributed by atoms with van der Waals surface area (Å²) in [7, 11) is 0. The Balaban J connectivity index is 1.90. The molecule has 2 aromatic rings. The zero-order valence-corrected chi connectivity index (χ0v) is 11.6. The van der Waals surface area contributed by atoms with Crippen molar-refractivity contribution >= 4 is 27.6 Å².